The Hall–Kier alpha value is -4.40. The number of carbonyl (C=O) groups excluding carboxylic acids is 2. The van der Waals surface area contributed by atoms with Gasteiger partial charge in [-0.3, -0.25) is 9.59 Å². The molecule has 9 nitrogen and oxygen atoms in total. The normalized spacial score (nSPS) is 10.7. The molecule has 0 saturated heterocycles. The van der Waals surface area contributed by atoms with Crippen molar-refractivity contribution in [3.8, 4) is 5.69 Å². The molecule has 0 atom stereocenters. The highest BCUT2D eigenvalue weighted by Gasteiger charge is 2.14. The van der Waals surface area contributed by atoms with Crippen LogP contribution >= 0.6 is 0 Å². The number of pyridine rings is 1. The van der Waals surface area contributed by atoms with Gasteiger partial charge in [0, 0.05) is 24.1 Å². The molecule has 0 saturated carbocycles. The van der Waals surface area contributed by atoms with Crippen LogP contribution in [-0.2, 0) is 11.3 Å². The van der Waals surface area contributed by atoms with E-state index in [4.69, 9.17) is 9.15 Å². The Balaban J connectivity index is 1.45. The molecule has 1 aromatic carbocycles. The van der Waals surface area contributed by atoms with Gasteiger partial charge in [-0.05, 0) is 49.4 Å². The summed E-state index contributed by atoms with van der Waals surface area (Å²) >= 11 is 0. The minimum absolute atomic E-state index is 0.123. The molecule has 0 aliphatic carbocycles. The summed E-state index contributed by atoms with van der Waals surface area (Å²) in [6, 6.07) is 16.6. The highest BCUT2D eigenvalue weighted by atomic mass is 16.5. The van der Waals surface area contributed by atoms with Crippen LogP contribution < -0.4 is 10.9 Å². The second-order valence-corrected chi connectivity index (χ2v) is 6.80. The molecule has 162 valence electrons. The van der Waals surface area contributed by atoms with Crippen molar-refractivity contribution in [3.05, 3.63) is 101 Å². The van der Waals surface area contributed by atoms with Crippen LogP contribution in [0.25, 0.3) is 5.69 Å². The predicted molar refractivity (Wildman–Crippen MR) is 116 cm³/mol. The van der Waals surface area contributed by atoms with Crippen molar-refractivity contribution in [2.45, 2.75) is 13.5 Å². The van der Waals surface area contributed by atoms with Crippen LogP contribution in [0.4, 0.5) is 5.69 Å². The number of nitrogens with zero attached hydrogens (tertiary/aromatic N) is 3. The summed E-state index contributed by atoms with van der Waals surface area (Å²) in [6.45, 7) is 2.22. The first kappa shape index (κ1) is 20.9. The summed E-state index contributed by atoms with van der Waals surface area (Å²) in [5.74, 6) is -0.318. The van der Waals surface area contributed by atoms with Crippen molar-refractivity contribution < 1.29 is 18.7 Å². The van der Waals surface area contributed by atoms with Gasteiger partial charge in [0.1, 0.15) is 5.76 Å². The molecule has 0 aliphatic rings. The van der Waals surface area contributed by atoms with E-state index in [2.05, 4.69) is 10.4 Å². The number of carbonyl (C=O) groups is 2. The molecule has 3 heterocycles. The Morgan fingerprint density at radius 2 is 1.94 bits per heavy atom. The number of anilines is 1. The van der Waals surface area contributed by atoms with Crippen molar-refractivity contribution in [3.63, 3.8) is 0 Å². The molecule has 3 aromatic heterocycles. The smallest absolute Gasteiger partial charge is 0.358 e. The zero-order chi connectivity index (χ0) is 22.5. The van der Waals surface area contributed by atoms with Crippen molar-refractivity contribution in [1.82, 2.24) is 14.3 Å². The molecule has 0 fully saturated rings. The van der Waals surface area contributed by atoms with Crippen LogP contribution in [0, 0.1) is 0 Å². The van der Waals surface area contributed by atoms with Gasteiger partial charge in [0.15, 0.2) is 11.5 Å². The van der Waals surface area contributed by atoms with E-state index in [1.54, 1.807) is 73.9 Å². The molecule has 0 spiro atoms. The highest BCUT2D eigenvalue weighted by molar-refractivity contribution is 6.02. The van der Waals surface area contributed by atoms with E-state index in [9.17, 15) is 14.4 Å². The van der Waals surface area contributed by atoms with Crippen molar-refractivity contribution in [2.24, 2.45) is 0 Å². The third kappa shape index (κ3) is 4.67. The van der Waals surface area contributed by atoms with Crippen LogP contribution in [0.5, 0.6) is 0 Å². The number of hydrogen-bond acceptors (Lipinski definition) is 6. The van der Waals surface area contributed by atoms with E-state index in [-0.39, 0.29) is 30.2 Å². The molecule has 4 rings (SSSR count). The Labute approximate surface area is 182 Å². The van der Waals surface area contributed by atoms with Crippen LogP contribution in [0.15, 0.2) is 82.3 Å². The van der Waals surface area contributed by atoms with E-state index in [0.29, 0.717) is 17.1 Å². The summed E-state index contributed by atoms with van der Waals surface area (Å²) in [7, 11) is 0. The van der Waals surface area contributed by atoms with Crippen LogP contribution in [-0.4, -0.2) is 32.8 Å². The standard InChI is InChI=1S/C23H20N4O5/c1-2-31-23(30)19-11-13-27(25-19)17-7-5-6-16(14-17)24-22(29)20-10-9-18(32-20)15-26-12-4-3-8-21(26)28/h3-14H,2,15H2,1H3,(H,24,29). The van der Waals surface area contributed by atoms with Gasteiger partial charge in [-0.1, -0.05) is 12.1 Å². The van der Waals surface area contributed by atoms with E-state index >= 15 is 0 Å². The van der Waals surface area contributed by atoms with E-state index in [1.165, 1.54) is 15.3 Å². The lowest BCUT2D eigenvalue weighted by atomic mass is 10.2. The van der Waals surface area contributed by atoms with Gasteiger partial charge in [0.05, 0.1) is 18.8 Å². The molecule has 0 unspecified atom stereocenters. The minimum atomic E-state index is -0.498. The number of rotatable bonds is 7. The fraction of sp³-hybridized carbons (Fsp3) is 0.130. The highest BCUT2D eigenvalue weighted by Crippen LogP contribution is 2.17. The average molecular weight is 432 g/mol. The zero-order valence-electron chi connectivity index (χ0n) is 17.2. The van der Waals surface area contributed by atoms with Crippen molar-refractivity contribution in [1.29, 1.82) is 0 Å². The SMILES string of the molecule is CCOC(=O)c1ccn(-c2cccc(NC(=O)c3ccc(Cn4ccccc4=O)o3)c2)n1. The summed E-state index contributed by atoms with van der Waals surface area (Å²) in [5.41, 5.74) is 1.22. The van der Waals surface area contributed by atoms with Crippen LogP contribution in [0.3, 0.4) is 0 Å². The molecule has 0 bridgehead atoms. The second kappa shape index (κ2) is 9.17. The third-order valence-electron chi connectivity index (χ3n) is 4.55. The molecule has 0 aliphatic heterocycles. The number of furan rings is 1. The Bertz CT molecular complexity index is 1320. The predicted octanol–water partition coefficient (Wildman–Crippen LogP) is 3.10. The van der Waals surface area contributed by atoms with Crippen LogP contribution in [0.1, 0.15) is 33.7 Å². The average Bonchev–Trinajstić information content (AvgIpc) is 3.46. The molecule has 32 heavy (non-hydrogen) atoms. The number of nitrogens with one attached hydrogen (secondary N) is 1. The summed E-state index contributed by atoms with van der Waals surface area (Å²) in [4.78, 5) is 36.2. The number of amides is 1. The molecule has 1 N–H and O–H groups in total. The van der Waals surface area contributed by atoms with Crippen molar-refractivity contribution in [2.75, 3.05) is 11.9 Å². The van der Waals surface area contributed by atoms with Gasteiger partial charge in [0.2, 0.25) is 0 Å². The Kier molecular flexibility index (Phi) is 5.98. The fourth-order valence-corrected chi connectivity index (χ4v) is 3.04. The number of ether oxygens (including phenoxy) is 1. The first-order valence-electron chi connectivity index (χ1n) is 9.92. The first-order chi connectivity index (χ1) is 15.5. The largest absolute Gasteiger partial charge is 0.461 e. The third-order valence-corrected chi connectivity index (χ3v) is 4.55. The van der Waals surface area contributed by atoms with Gasteiger partial charge in [0.25, 0.3) is 11.5 Å². The zero-order valence-corrected chi connectivity index (χ0v) is 17.2. The lowest BCUT2D eigenvalue weighted by Gasteiger charge is -2.07. The monoisotopic (exact) mass is 432 g/mol. The molecule has 0 radical (unpaired) electrons. The van der Waals surface area contributed by atoms with E-state index < -0.39 is 11.9 Å². The topological polar surface area (TPSA) is 108 Å². The molecule has 1 amide bonds. The molecular formula is C23H20N4O5. The van der Waals surface area contributed by atoms with Gasteiger partial charge < -0.3 is 19.0 Å². The lowest BCUT2D eigenvalue weighted by Crippen LogP contribution is -2.18. The summed E-state index contributed by atoms with van der Waals surface area (Å²) < 4.78 is 13.6. The molecule has 9 heteroatoms. The number of aromatic nitrogens is 3. The molecule has 4 aromatic rings. The summed E-state index contributed by atoms with van der Waals surface area (Å²) in [5, 5.41) is 6.98. The number of hydrogen-bond donors (Lipinski definition) is 1. The lowest BCUT2D eigenvalue weighted by molar-refractivity contribution is 0.0519. The van der Waals surface area contributed by atoms with Crippen molar-refractivity contribution >= 4 is 17.6 Å². The fourth-order valence-electron chi connectivity index (χ4n) is 3.04. The minimum Gasteiger partial charge on any atom is -0.461 e. The van der Waals surface area contributed by atoms with Crippen LogP contribution in [0.2, 0.25) is 0 Å². The maximum Gasteiger partial charge on any atom is 0.358 e. The molecular weight excluding hydrogens is 412 g/mol. The Morgan fingerprint density at radius 1 is 1.06 bits per heavy atom. The van der Waals surface area contributed by atoms with Gasteiger partial charge in [-0.2, -0.15) is 5.10 Å². The van der Waals surface area contributed by atoms with Gasteiger partial charge in [-0.15, -0.1) is 0 Å². The second-order valence-electron chi connectivity index (χ2n) is 6.80. The Morgan fingerprint density at radius 3 is 2.75 bits per heavy atom. The quantitative estimate of drug-likeness (QED) is 0.450. The number of esters is 1. The van der Waals surface area contributed by atoms with Gasteiger partial charge in [-0.25, -0.2) is 9.48 Å². The first-order valence-corrected chi connectivity index (χ1v) is 9.92. The van der Waals surface area contributed by atoms with Gasteiger partial charge >= 0.3 is 5.97 Å². The number of benzene rings is 1. The maximum atomic E-state index is 12.6. The van der Waals surface area contributed by atoms with E-state index in [1.807, 2.05) is 0 Å². The summed E-state index contributed by atoms with van der Waals surface area (Å²) in [6.07, 6.45) is 3.29. The van der Waals surface area contributed by atoms with E-state index in [0.717, 1.165) is 0 Å². The maximum absolute atomic E-state index is 12.6.